The molecule has 2 rings (SSSR count). The minimum Gasteiger partial charge on any atom is -0.326 e. The van der Waals surface area contributed by atoms with Gasteiger partial charge in [0.2, 0.25) is 0 Å². The lowest BCUT2D eigenvalue weighted by molar-refractivity contribution is 0.694. The fourth-order valence-corrected chi connectivity index (χ4v) is 2.10. The normalized spacial score (nSPS) is 11.0. The van der Waals surface area contributed by atoms with Crippen molar-refractivity contribution >= 4 is 0 Å². The van der Waals surface area contributed by atoms with Crippen molar-refractivity contribution in [3.63, 3.8) is 0 Å². The van der Waals surface area contributed by atoms with Crippen molar-refractivity contribution in [2.45, 2.75) is 33.2 Å². The molecule has 4 heteroatoms. The SMILES string of the molecule is Cc1cccc(-n2nc(C(C)C)c(CN)cc2=O)c1. The molecule has 2 aromatic rings. The minimum absolute atomic E-state index is 0.143. The average molecular weight is 257 g/mol. The Kier molecular flexibility index (Phi) is 3.81. The monoisotopic (exact) mass is 257 g/mol. The molecular weight excluding hydrogens is 238 g/mol. The first kappa shape index (κ1) is 13.5. The summed E-state index contributed by atoms with van der Waals surface area (Å²) in [4.78, 5) is 12.1. The van der Waals surface area contributed by atoms with E-state index in [1.807, 2.05) is 45.0 Å². The highest BCUT2D eigenvalue weighted by Crippen LogP contribution is 2.16. The molecule has 0 amide bonds. The molecule has 1 aromatic carbocycles. The zero-order valence-electron chi connectivity index (χ0n) is 11.6. The molecule has 0 unspecified atom stereocenters. The first-order valence-electron chi connectivity index (χ1n) is 6.43. The summed E-state index contributed by atoms with van der Waals surface area (Å²) in [5.74, 6) is 0.232. The quantitative estimate of drug-likeness (QED) is 0.916. The first-order valence-corrected chi connectivity index (χ1v) is 6.43. The summed E-state index contributed by atoms with van der Waals surface area (Å²) in [6.45, 7) is 6.43. The van der Waals surface area contributed by atoms with E-state index in [1.54, 1.807) is 6.07 Å². The van der Waals surface area contributed by atoms with Gasteiger partial charge in [-0.25, -0.2) is 0 Å². The standard InChI is InChI=1S/C15H19N3O/c1-10(2)15-12(9-16)8-14(19)18(17-15)13-6-4-5-11(3)7-13/h4-8,10H,9,16H2,1-3H3. The van der Waals surface area contributed by atoms with Gasteiger partial charge in [-0.15, -0.1) is 0 Å². The third kappa shape index (κ3) is 2.74. The van der Waals surface area contributed by atoms with Crippen molar-refractivity contribution in [2.75, 3.05) is 0 Å². The van der Waals surface area contributed by atoms with E-state index in [1.165, 1.54) is 4.68 Å². The van der Waals surface area contributed by atoms with E-state index in [9.17, 15) is 4.79 Å². The lowest BCUT2D eigenvalue weighted by Gasteiger charge is -2.13. The zero-order valence-corrected chi connectivity index (χ0v) is 11.6. The molecule has 0 aliphatic rings. The predicted octanol–water partition coefficient (Wildman–Crippen LogP) is 2.12. The molecule has 100 valence electrons. The molecular formula is C15H19N3O. The highest BCUT2D eigenvalue weighted by atomic mass is 16.1. The molecule has 0 aliphatic heterocycles. The Hall–Kier alpha value is -1.94. The van der Waals surface area contributed by atoms with Gasteiger partial charge in [0, 0.05) is 12.6 Å². The van der Waals surface area contributed by atoms with Gasteiger partial charge in [-0.1, -0.05) is 26.0 Å². The molecule has 0 spiro atoms. The van der Waals surface area contributed by atoms with Crippen LogP contribution in [-0.4, -0.2) is 9.78 Å². The summed E-state index contributed by atoms with van der Waals surface area (Å²) < 4.78 is 1.45. The van der Waals surface area contributed by atoms with Crippen LogP contribution in [0.15, 0.2) is 35.1 Å². The maximum atomic E-state index is 12.1. The van der Waals surface area contributed by atoms with Crippen LogP contribution in [0.1, 0.15) is 36.6 Å². The number of nitrogens with zero attached hydrogens (tertiary/aromatic N) is 2. The first-order chi connectivity index (χ1) is 9.02. The number of nitrogens with two attached hydrogens (primary N) is 1. The van der Waals surface area contributed by atoms with E-state index in [0.717, 1.165) is 22.5 Å². The van der Waals surface area contributed by atoms with Crippen molar-refractivity contribution in [1.82, 2.24) is 9.78 Å². The zero-order chi connectivity index (χ0) is 14.0. The van der Waals surface area contributed by atoms with E-state index in [-0.39, 0.29) is 11.5 Å². The third-order valence-corrected chi connectivity index (χ3v) is 3.06. The summed E-state index contributed by atoms with van der Waals surface area (Å²) in [5, 5.41) is 4.48. The molecule has 1 heterocycles. The van der Waals surface area contributed by atoms with Crippen LogP contribution in [0.5, 0.6) is 0 Å². The Labute approximate surface area is 112 Å². The molecule has 2 N–H and O–H groups in total. The minimum atomic E-state index is -0.143. The Bertz CT molecular complexity index is 644. The Morgan fingerprint density at radius 1 is 1.32 bits per heavy atom. The summed E-state index contributed by atoms with van der Waals surface area (Å²) >= 11 is 0. The van der Waals surface area contributed by atoms with Gasteiger partial charge < -0.3 is 5.73 Å². The van der Waals surface area contributed by atoms with E-state index in [4.69, 9.17) is 5.73 Å². The maximum Gasteiger partial charge on any atom is 0.271 e. The summed E-state index contributed by atoms with van der Waals surface area (Å²) in [6.07, 6.45) is 0. The van der Waals surface area contributed by atoms with Crippen LogP contribution in [0, 0.1) is 6.92 Å². The maximum absolute atomic E-state index is 12.1. The van der Waals surface area contributed by atoms with Gasteiger partial charge in [0.15, 0.2) is 0 Å². The highest BCUT2D eigenvalue weighted by molar-refractivity contribution is 5.35. The fourth-order valence-electron chi connectivity index (χ4n) is 2.10. The van der Waals surface area contributed by atoms with Crippen LogP contribution in [0.2, 0.25) is 0 Å². The van der Waals surface area contributed by atoms with Gasteiger partial charge in [0.1, 0.15) is 0 Å². The number of aromatic nitrogens is 2. The second kappa shape index (κ2) is 5.36. The van der Waals surface area contributed by atoms with Gasteiger partial charge >= 0.3 is 0 Å². The van der Waals surface area contributed by atoms with Crippen LogP contribution in [-0.2, 0) is 6.54 Å². The molecule has 1 aromatic heterocycles. The van der Waals surface area contributed by atoms with E-state index < -0.39 is 0 Å². The van der Waals surface area contributed by atoms with Crippen LogP contribution in [0.3, 0.4) is 0 Å². The van der Waals surface area contributed by atoms with Crippen LogP contribution < -0.4 is 11.3 Å². The van der Waals surface area contributed by atoms with E-state index in [0.29, 0.717) is 6.54 Å². The lowest BCUT2D eigenvalue weighted by Crippen LogP contribution is -2.25. The molecule has 0 aliphatic carbocycles. The predicted molar refractivity (Wildman–Crippen MR) is 76.6 cm³/mol. The number of hydrogen-bond acceptors (Lipinski definition) is 3. The molecule has 0 saturated carbocycles. The van der Waals surface area contributed by atoms with Crippen LogP contribution in [0.4, 0.5) is 0 Å². The van der Waals surface area contributed by atoms with Crippen LogP contribution >= 0.6 is 0 Å². The fraction of sp³-hybridized carbons (Fsp3) is 0.333. The van der Waals surface area contributed by atoms with E-state index in [2.05, 4.69) is 5.10 Å². The molecule has 19 heavy (non-hydrogen) atoms. The number of aryl methyl sites for hydroxylation is 1. The van der Waals surface area contributed by atoms with Crippen molar-refractivity contribution in [3.05, 3.63) is 57.5 Å². The molecule has 0 bridgehead atoms. The second-order valence-electron chi connectivity index (χ2n) is 5.00. The van der Waals surface area contributed by atoms with Gasteiger partial charge in [-0.05, 0) is 36.1 Å². The van der Waals surface area contributed by atoms with Crippen molar-refractivity contribution < 1.29 is 0 Å². The largest absolute Gasteiger partial charge is 0.326 e. The number of hydrogen-bond donors (Lipinski definition) is 1. The molecule has 0 saturated heterocycles. The Morgan fingerprint density at radius 2 is 2.05 bits per heavy atom. The highest BCUT2D eigenvalue weighted by Gasteiger charge is 2.12. The van der Waals surface area contributed by atoms with Gasteiger partial charge in [-0.2, -0.15) is 9.78 Å². The van der Waals surface area contributed by atoms with Gasteiger partial charge in [0.25, 0.3) is 5.56 Å². The van der Waals surface area contributed by atoms with Crippen molar-refractivity contribution in [1.29, 1.82) is 0 Å². The summed E-state index contributed by atoms with van der Waals surface area (Å²) in [6, 6.07) is 9.33. The Balaban J connectivity index is 2.64. The van der Waals surface area contributed by atoms with Crippen LogP contribution in [0.25, 0.3) is 5.69 Å². The topological polar surface area (TPSA) is 60.9 Å². The lowest BCUT2D eigenvalue weighted by atomic mass is 10.0. The molecule has 0 radical (unpaired) electrons. The van der Waals surface area contributed by atoms with E-state index >= 15 is 0 Å². The number of benzene rings is 1. The summed E-state index contributed by atoms with van der Waals surface area (Å²) in [7, 11) is 0. The molecule has 0 atom stereocenters. The second-order valence-corrected chi connectivity index (χ2v) is 5.00. The number of rotatable bonds is 3. The molecule has 0 fully saturated rings. The van der Waals surface area contributed by atoms with Crippen molar-refractivity contribution in [2.24, 2.45) is 5.73 Å². The van der Waals surface area contributed by atoms with Gasteiger partial charge in [-0.3, -0.25) is 4.79 Å². The van der Waals surface area contributed by atoms with Crippen molar-refractivity contribution in [3.8, 4) is 5.69 Å². The van der Waals surface area contributed by atoms with Gasteiger partial charge in [0.05, 0.1) is 11.4 Å². The average Bonchev–Trinajstić information content (AvgIpc) is 2.37. The molecule has 4 nitrogen and oxygen atoms in total. The smallest absolute Gasteiger partial charge is 0.271 e. The summed E-state index contributed by atoms with van der Waals surface area (Å²) in [5.41, 5.74) is 9.13. The Morgan fingerprint density at radius 3 is 2.63 bits per heavy atom. The third-order valence-electron chi connectivity index (χ3n) is 3.06.